The minimum absolute atomic E-state index is 0.278. The summed E-state index contributed by atoms with van der Waals surface area (Å²) >= 11 is 0. The highest BCUT2D eigenvalue weighted by Crippen LogP contribution is 2.21. The van der Waals surface area contributed by atoms with Crippen LogP contribution in [0.2, 0.25) is 6.82 Å². The van der Waals surface area contributed by atoms with Crippen LogP contribution in [-0.2, 0) is 17.7 Å². The van der Waals surface area contributed by atoms with Gasteiger partial charge in [0, 0.05) is 0 Å². The van der Waals surface area contributed by atoms with Crippen LogP contribution in [-0.4, -0.2) is 6.92 Å². The molecule has 1 aliphatic heterocycles. The quantitative estimate of drug-likeness (QED) is 0.636. The molecule has 2 rings (SSSR count). The van der Waals surface area contributed by atoms with Crippen LogP contribution >= 0.6 is 0 Å². The van der Waals surface area contributed by atoms with E-state index >= 15 is 0 Å². The molecule has 0 aliphatic carbocycles. The van der Waals surface area contributed by atoms with Gasteiger partial charge in [0.05, 0.1) is 6.61 Å². The molecule has 0 bridgehead atoms. The van der Waals surface area contributed by atoms with E-state index in [9.17, 15) is 0 Å². The van der Waals surface area contributed by atoms with E-state index in [0.29, 0.717) is 5.41 Å². The second-order valence-electron chi connectivity index (χ2n) is 5.72. The molecule has 0 saturated heterocycles. The zero-order chi connectivity index (χ0) is 11.1. The molecule has 2 heteroatoms. The largest absolute Gasteiger partial charge is 0.427 e. The molecule has 1 aliphatic rings. The monoisotopic (exact) mass is 202 g/mol. The lowest BCUT2D eigenvalue weighted by Gasteiger charge is -2.18. The summed E-state index contributed by atoms with van der Waals surface area (Å²) in [5.41, 5.74) is 4.53. The van der Waals surface area contributed by atoms with Crippen LogP contribution in [0.3, 0.4) is 0 Å². The Kier molecular flexibility index (Phi) is 2.63. The average molecular weight is 202 g/mol. The van der Waals surface area contributed by atoms with Crippen molar-refractivity contribution in [2.75, 3.05) is 0 Å². The minimum atomic E-state index is 0.278. The molecule has 0 atom stereocenters. The second kappa shape index (κ2) is 3.68. The summed E-state index contributed by atoms with van der Waals surface area (Å²) in [6.45, 7) is 10.0. The van der Waals surface area contributed by atoms with Crippen LogP contribution in [0.4, 0.5) is 0 Å². The number of rotatable bonds is 1. The average Bonchev–Trinajstić information content (AvgIpc) is 2.45. The first-order valence-electron chi connectivity index (χ1n) is 5.69. The first-order chi connectivity index (χ1) is 6.96. The normalized spacial score (nSPS) is 15.6. The van der Waals surface area contributed by atoms with E-state index in [4.69, 9.17) is 4.65 Å². The van der Waals surface area contributed by atoms with Gasteiger partial charge in [0.1, 0.15) is 0 Å². The van der Waals surface area contributed by atoms with Gasteiger partial charge < -0.3 is 4.65 Å². The van der Waals surface area contributed by atoms with Crippen molar-refractivity contribution in [2.24, 2.45) is 5.41 Å². The van der Waals surface area contributed by atoms with Crippen LogP contribution in [0.5, 0.6) is 0 Å². The van der Waals surface area contributed by atoms with Crippen molar-refractivity contribution in [2.45, 2.75) is 40.6 Å². The molecule has 1 aromatic rings. The molecule has 0 amide bonds. The molecular formula is C13H19BO. The van der Waals surface area contributed by atoms with Crippen molar-refractivity contribution in [1.29, 1.82) is 0 Å². The van der Waals surface area contributed by atoms with Crippen LogP contribution in [0.25, 0.3) is 0 Å². The summed E-state index contributed by atoms with van der Waals surface area (Å²) in [7, 11) is 0. The van der Waals surface area contributed by atoms with E-state index in [-0.39, 0.29) is 6.92 Å². The van der Waals surface area contributed by atoms with Gasteiger partial charge in [0.15, 0.2) is 0 Å². The molecule has 1 heterocycles. The molecule has 15 heavy (non-hydrogen) atoms. The molecule has 1 aromatic carbocycles. The highest BCUT2D eigenvalue weighted by Gasteiger charge is 2.23. The molecule has 0 saturated carbocycles. The molecule has 0 aromatic heterocycles. The van der Waals surface area contributed by atoms with Gasteiger partial charge in [-0.05, 0) is 28.4 Å². The molecule has 0 fully saturated rings. The Morgan fingerprint density at radius 1 is 1.33 bits per heavy atom. The van der Waals surface area contributed by atoms with E-state index in [1.807, 2.05) is 0 Å². The lowest BCUT2D eigenvalue weighted by molar-refractivity contribution is 0.333. The fourth-order valence-electron chi connectivity index (χ4n) is 2.18. The smallest absolute Gasteiger partial charge is 0.324 e. The van der Waals surface area contributed by atoms with Gasteiger partial charge >= 0.3 is 6.92 Å². The van der Waals surface area contributed by atoms with E-state index in [2.05, 4.69) is 45.8 Å². The lowest BCUT2D eigenvalue weighted by atomic mass is 9.63. The Balaban J connectivity index is 2.26. The Morgan fingerprint density at radius 3 is 2.73 bits per heavy atom. The second-order valence-corrected chi connectivity index (χ2v) is 5.72. The van der Waals surface area contributed by atoms with Crippen molar-refractivity contribution in [3.8, 4) is 0 Å². The first-order valence-corrected chi connectivity index (χ1v) is 5.69. The third-order valence-corrected chi connectivity index (χ3v) is 2.87. The summed E-state index contributed by atoms with van der Waals surface area (Å²) in [6.07, 6.45) is 1.13. The van der Waals surface area contributed by atoms with E-state index < -0.39 is 0 Å². The van der Waals surface area contributed by atoms with E-state index in [1.54, 1.807) is 0 Å². The molecule has 1 nitrogen and oxygen atoms in total. The topological polar surface area (TPSA) is 9.23 Å². The van der Waals surface area contributed by atoms with Gasteiger partial charge in [-0.2, -0.15) is 0 Å². The maximum Gasteiger partial charge on any atom is 0.324 e. The van der Waals surface area contributed by atoms with Gasteiger partial charge in [0.2, 0.25) is 0 Å². The van der Waals surface area contributed by atoms with Gasteiger partial charge in [-0.3, -0.25) is 0 Å². The van der Waals surface area contributed by atoms with Crippen molar-refractivity contribution in [3.05, 3.63) is 29.3 Å². The Labute approximate surface area is 93.0 Å². The van der Waals surface area contributed by atoms with Crippen LogP contribution in [0.15, 0.2) is 18.2 Å². The van der Waals surface area contributed by atoms with Gasteiger partial charge in [-0.15, -0.1) is 0 Å². The van der Waals surface area contributed by atoms with Crippen LogP contribution in [0.1, 0.15) is 31.9 Å². The third-order valence-electron chi connectivity index (χ3n) is 2.87. The number of hydrogen-bond donors (Lipinski definition) is 0. The Morgan fingerprint density at radius 2 is 2.07 bits per heavy atom. The fraction of sp³-hybridized carbons (Fsp3) is 0.538. The summed E-state index contributed by atoms with van der Waals surface area (Å²) in [5, 5.41) is 0. The lowest BCUT2D eigenvalue weighted by Crippen LogP contribution is -2.25. The molecule has 0 N–H and O–H groups in total. The SMILES string of the molecule is CB1OCc2ccc(CC(C)(C)C)cc21. The molecule has 0 unspecified atom stereocenters. The predicted octanol–water partition coefficient (Wildman–Crippen LogP) is 2.63. The number of fused-ring (bicyclic) bond motifs is 1. The summed E-state index contributed by atoms with van der Waals surface area (Å²) in [5.74, 6) is 0. The molecule has 0 spiro atoms. The summed E-state index contributed by atoms with van der Waals surface area (Å²) in [6, 6.07) is 6.78. The first kappa shape index (κ1) is 10.8. The Hall–Kier alpha value is -0.755. The zero-order valence-electron chi connectivity index (χ0n) is 10.1. The van der Waals surface area contributed by atoms with E-state index in [0.717, 1.165) is 13.0 Å². The van der Waals surface area contributed by atoms with Gasteiger partial charge in [-0.25, -0.2) is 0 Å². The number of hydrogen-bond acceptors (Lipinski definition) is 1. The third kappa shape index (κ3) is 2.43. The highest BCUT2D eigenvalue weighted by atomic mass is 16.4. The minimum Gasteiger partial charge on any atom is -0.427 e. The maximum atomic E-state index is 5.61. The summed E-state index contributed by atoms with van der Waals surface area (Å²) < 4.78 is 5.61. The van der Waals surface area contributed by atoms with Crippen molar-refractivity contribution in [1.82, 2.24) is 0 Å². The fourth-order valence-corrected chi connectivity index (χ4v) is 2.18. The van der Waals surface area contributed by atoms with Crippen LogP contribution in [0, 0.1) is 5.41 Å². The van der Waals surface area contributed by atoms with Crippen molar-refractivity contribution >= 4 is 12.4 Å². The maximum absolute atomic E-state index is 5.61. The van der Waals surface area contributed by atoms with Crippen molar-refractivity contribution < 1.29 is 4.65 Å². The van der Waals surface area contributed by atoms with Crippen LogP contribution < -0.4 is 5.46 Å². The number of benzene rings is 1. The molecule has 0 radical (unpaired) electrons. The standard InChI is InChI=1S/C13H19BO/c1-13(2,3)8-10-5-6-11-9-15-14(4)12(11)7-10/h5-7H,8-9H2,1-4H3. The van der Waals surface area contributed by atoms with Crippen molar-refractivity contribution in [3.63, 3.8) is 0 Å². The summed E-state index contributed by atoms with van der Waals surface area (Å²) in [4.78, 5) is 0. The Bertz CT molecular complexity index is 365. The van der Waals surface area contributed by atoms with E-state index in [1.165, 1.54) is 16.6 Å². The van der Waals surface area contributed by atoms with Gasteiger partial charge in [-0.1, -0.05) is 45.8 Å². The predicted molar refractivity (Wildman–Crippen MR) is 65.6 cm³/mol. The molecular weight excluding hydrogens is 183 g/mol. The van der Waals surface area contributed by atoms with Gasteiger partial charge in [0.25, 0.3) is 0 Å². The molecule has 80 valence electrons. The highest BCUT2D eigenvalue weighted by molar-refractivity contribution is 6.67. The zero-order valence-corrected chi connectivity index (χ0v) is 10.1.